The van der Waals surface area contributed by atoms with Crippen molar-refractivity contribution in [1.29, 1.82) is 0 Å². The minimum absolute atomic E-state index is 0.499. The van der Waals surface area contributed by atoms with E-state index in [4.69, 9.17) is 16.3 Å². The van der Waals surface area contributed by atoms with Gasteiger partial charge in [-0.15, -0.1) is 0 Å². The molecule has 5 nitrogen and oxygen atoms in total. The zero-order chi connectivity index (χ0) is 17.6. The molecule has 0 saturated carbocycles. The largest absolute Gasteiger partial charge is 0.390 e. The molecule has 0 aliphatic carbocycles. The predicted octanol–water partition coefficient (Wildman–Crippen LogP) is 2.68. The SMILES string of the molecule is Cc1cc(Cl)cc2c(N3CCC4(CC3)OCC[C@H](O)[C@@H]4O)ccnc12. The molecule has 1 aromatic heterocycles. The van der Waals surface area contributed by atoms with Gasteiger partial charge in [0.05, 0.1) is 23.8 Å². The number of piperidine rings is 1. The summed E-state index contributed by atoms with van der Waals surface area (Å²) in [6, 6.07) is 5.91. The molecule has 1 spiro atoms. The molecule has 134 valence electrons. The summed E-state index contributed by atoms with van der Waals surface area (Å²) in [5, 5.41) is 22.2. The maximum Gasteiger partial charge on any atom is 0.109 e. The molecule has 2 saturated heterocycles. The van der Waals surface area contributed by atoms with Gasteiger partial charge in [-0.25, -0.2) is 0 Å². The van der Waals surface area contributed by atoms with Crippen molar-refractivity contribution in [2.75, 3.05) is 24.6 Å². The first kappa shape index (κ1) is 17.0. The third-order valence-electron chi connectivity index (χ3n) is 5.63. The lowest BCUT2D eigenvalue weighted by Gasteiger charge is -2.48. The Morgan fingerprint density at radius 3 is 2.80 bits per heavy atom. The van der Waals surface area contributed by atoms with Gasteiger partial charge < -0.3 is 19.8 Å². The number of hydrogen-bond acceptors (Lipinski definition) is 5. The molecule has 0 amide bonds. The summed E-state index contributed by atoms with van der Waals surface area (Å²) in [6.07, 6.45) is 2.21. The molecule has 0 unspecified atom stereocenters. The molecule has 2 aliphatic rings. The van der Waals surface area contributed by atoms with E-state index < -0.39 is 17.8 Å². The minimum Gasteiger partial charge on any atom is -0.390 e. The molecule has 2 aliphatic heterocycles. The Balaban J connectivity index is 1.62. The van der Waals surface area contributed by atoms with Gasteiger partial charge in [0.15, 0.2) is 0 Å². The van der Waals surface area contributed by atoms with Gasteiger partial charge in [-0.3, -0.25) is 4.98 Å². The molecule has 0 bridgehead atoms. The number of hydrogen-bond donors (Lipinski definition) is 2. The first-order valence-corrected chi connectivity index (χ1v) is 9.18. The highest BCUT2D eigenvalue weighted by atomic mass is 35.5. The van der Waals surface area contributed by atoms with Crippen LogP contribution in [-0.2, 0) is 4.74 Å². The molecule has 25 heavy (non-hydrogen) atoms. The van der Waals surface area contributed by atoms with E-state index in [0.717, 1.165) is 35.2 Å². The van der Waals surface area contributed by atoms with Crippen LogP contribution < -0.4 is 4.90 Å². The van der Waals surface area contributed by atoms with Crippen LogP contribution in [0, 0.1) is 6.92 Å². The maximum atomic E-state index is 10.4. The van der Waals surface area contributed by atoms with E-state index in [9.17, 15) is 10.2 Å². The fraction of sp³-hybridized carbons (Fsp3) is 0.526. The second-order valence-electron chi connectivity index (χ2n) is 7.15. The van der Waals surface area contributed by atoms with Crippen LogP contribution in [0.3, 0.4) is 0 Å². The minimum atomic E-state index is -0.811. The Morgan fingerprint density at radius 2 is 2.04 bits per heavy atom. The molecule has 6 heteroatoms. The average molecular weight is 363 g/mol. The number of fused-ring (bicyclic) bond motifs is 1. The van der Waals surface area contributed by atoms with Crippen molar-refractivity contribution in [1.82, 2.24) is 4.98 Å². The van der Waals surface area contributed by atoms with Gasteiger partial charge in [-0.1, -0.05) is 11.6 Å². The molecule has 2 fully saturated rings. The zero-order valence-corrected chi connectivity index (χ0v) is 15.0. The van der Waals surface area contributed by atoms with Crippen molar-refractivity contribution in [3.8, 4) is 0 Å². The number of benzene rings is 1. The van der Waals surface area contributed by atoms with Crippen molar-refractivity contribution < 1.29 is 14.9 Å². The summed E-state index contributed by atoms with van der Waals surface area (Å²) < 4.78 is 5.93. The Kier molecular flexibility index (Phi) is 4.36. The predicted molar refractivity (Wildman–Crippen MR) is 98.3 cm³/mol. The monoisotopic (exact) mass is 362 g/mol. The van der Waals surface area contributed by atoms with Crippen LogP contribution in [0.1, 0.15) is 24.8 Å². The molecule has 2 aromatic rings. The van der Waals surface area contributed by atoms with Crippen molar-refractivity contribution in [2.45, 2.75) is 44.0 Å². The standard InChI is InChI=1S/C19H23ClN2O3/c1-12-10-13(20)11-14-15(2-6-21-17(12)14)22-7-4-19(5-8-22)18(24)16(23)3-9-25-19/h2,6,10-11,16,18,23-24H,3-5,7-9H2,1H3/t16-,18-/m0/s1. The van der Waals surface area contributed by atoms with Gasteiger partial charge >= 0.3 is 0 Å². The van der Waals surface area contributed by atoms with E-state index in [1.54, 1.807) is 0 Å². The highest BCUT2D eigenvalue weighted by molar-refractivity contribution is 6.31. The van der Waals surface area contributed by atoms with Gasteiger partial charge in [0.2, 0.25) is 0 Å². The van der Waals surface area contributed by atoms with E-state index in [0.29, 0.717) is 30.9 Å². The lowest BCUT2D eigenvalue weighted by molar-refractivity contribution is -0.205. The number of anilines is 1. The van der Waals surface area contributed by atoms with Crippen LogP contribution in [-0.4, -0.2) is 52.7 Å². The lowest BCUT2D eigenvalue weighted by Crippen LogP contribution is -2.60. The number of aryl methyl sites for hydroxylation is 1. The van der Waals surface area contributed by atoms with Crippen LogP contribution >= 0.6 is 11.6 Å². The number of nitrogens with zero attached hydrogens (tertiary/aromatic N) is 2. The second-order valence-corrected chi connectivity index (χ2v) is 7.59. The average Bonchev–Trinajstić information content (AvgIpc) is 2.60. The number of ether oxygens (including phenoxy) is 1. The highest BCUT2D eigenvalue weighted by Gasteiger charge is 2.47. The van der Waals surface area contributed by atoms with Crippen molar-refractivity contribution in [2.24, 2.45) is 0 Å². The van der Waals surface area contributed by atoms with Crippen LogP contribution in [0.25, 0.3) is 10.9 Å². The van der Waals surface area contributed by atoms with Gasteiger partial charge in [0.1, 0.15) is 6.10 Å². The fourth-order valence-electron chi connectivity index (χ4n) is 4.19. The third-order valence-corrected chi connectivity index (χ3v) is 5.85. The van der Waals surface area contributed by atoms with Crippen molar-refractivity contribution in [3.05, 3.63) is 35.0 Å². The Bertz CT molecular complexity index is 790. The normalized spacial score (nSPS) is 26.3. The summed E-state index contributed by atoms with van der Waals surface area (Å²) in [7, 11) is 0. The first-order valence-electron chi connectivity index (χ1n) is 8.80. The number of rotatable bonds is 1. The van der Waals surface area contributed by atoms with Crippen LogP contribution in [0.4, 0.5) is 5.69 Å². The van der Waals surface area contributed by atoms with Gasteiger partial charge in [0.25, 0.3) is 0 Å². The topological polar surface area (TPSA) is 65.8 Å². The van der Waals surface area contributed by atoms with Crippen molar-refractivity contribution >= 4 is 28.2 Å². The Morgan fingerprint density at radius 1 is 1.28 bits per heavy atom. The molecule has 2 atom stereocenters. The Hall–Kier alpha value is -1.40. The van der Waals surface area contributed by atoms with Crippen LogP contribution in [0.2, 0.25) is 5.02 Å². The lowest BCUT2D eigenvalue weighted by atomic mass is 9.80. The van der Waals surface area contributed by atoms with E-state index >= 15 is 0 Å². The number of aliphatic hydroxyl groups excluding tert-OH is 2. The van der Waals surface area contributed by atoms with Crippen LogP contribution in [0.15, 0.2) is 24.4 Å². The maximum absolute atomic E-state index is 10.4. The summed E-state index contributed by atoms with van der Waals surface area (Å²) >= 11 is 6.26. The zero-order valence-electron chi connectivity index (χ0n) is 14.3. The van der Waals surface area contributed by atoms with E-state index in [-0.39, 0.29) is 0 Å². The first-order chi connectivity index (χ1) is 12.0. The van der Waals surface area contributed by atoms with E-state index in [1.807, 2.05) is 31.3 Å². The molecule has 3 heterocycles. The number of halogens is 1. The quantitative estimate of drug-likeness (QED) is 0.816. The third kappa shape index (κ3) is 2.89. The number of aliphatic hydroxyl groups is 2. The smallest absolute Gasteiger partial charge is 0.109 e. The van der Waals surface area contributed by atoms with Gasteiger partial charge in [-0.05, 0) is 49.9 Å². The summed E-state index contributed by atoms with van der Waals surface area (Å²) in [4.78, 5) is 6.79. The van der Waals surface area contributed by atoms with Crippen molar-refractivity contribution in [3.63, 3.8) is 0 Å². The molecule has 0 radical (unpaired) electrons. The molecule has 4 rings (SSSR count). The molecule has 1 aromatic carbocycles. The fourth-order valence-corrected chi connectivity index (χ4v) is 4.47. The molecular weight excluding hydrogens is 340 g/mol. The highest BCUT2D eigenvalue weighted by Crippen LogP contribution is 2.38. The molecule has 2 N–H and O–H groups in total. The Labute approximate surface area is 152 Å². The second kappa shape index (κ2) is 6.40. The van der Waals surface area contributed by atoms with Crippen LogP contribution in [0.5, 0.6) is 0 Å². The number of pyridine rings is 1. The summed E-state index contributed by atoms with van der Waals surface area (Å²) in [5.74, 6) is 0. The summed E-state index contributed by atoms with van der Waals surface area (Å²) in [6.45, 7) is 4.04. The number of aromatic nitrogens is 1. The summed E-state index contributed by atoms with van der Waals surface area (Å²) in [5.41, 5.74) is 2.51. The van der Waals surface area contributed by atoms with E-state index in [2.05, 4.69) is 9.88 Å². The van der Waals surface area contributed by atoms with E-state index in [1.165, 1.54) is 0 Å². The van der Waals surface area contributed by atoms with Gasteiger partial charge in [0, 0.05) is 35.4 Å². The molecular formula is C19H23ClN2O3. The van der Waals surface area contributed by atoms with Gasteiger partial charge in [-0.2, -0.15) is 0 Å².